The molecular formula is C19H33NO. The Kier molecular flexibility index (Phi) is 8.63. The Hall–Kier alpha value is -0.860. The van der Waals surface area contributed by atoms with Crippen molar-refractivity contribution in [1.82, 2.24) is 5.32 Å². The van der Waals surface area contributed by atoms with Crippen molar-refractivity contribution in [3.63, 3.8) is 0 Å². The fourth-order valence-corrected chi connectivity index (χ4v) is 2.79. The van der Waals surface area contributed by atoms with E-state index in [0.29, 0.717) is 18.1 Å². The van der Waals surface area contributed by atoms with Crippen LogP contribution in [-0.4, -0.2) is 25.3 Å². The van der Waals surface area contributed by atoms with E-state index >= 15 is 0 Å². The van der Waals surface area contributed by atoms with E-state index in [1.54, 1.807) is 0 Å². The van der Waals surface area contributed by atoms with Gasteiger partial charge in [-0.3, -0.25) is 0 Å². The Bertz CT molecular complexity index is 366. The van der Waals surface area contributed by atoms with Gasteiger partial charge in [0.05, 0.1) is 6.10 Å². The first kappa shape index (κ1) is 18.2. The van der Waals surface area contributed by atoms with Gasteiger partial charge in [-0.05, 0) is 43.4 Å². The highest BCUT2D eigenvalue weighted by Gasteiger charge is 2.20. The van der Waals surface area contributed by atoms with Gasteiger partial charge in [0.15, 0.2) is 0 Å². The first-order valence-corrected chi connectivity index (χ1v) is 8.56. The molecule has 0 radical (unpaired) electrons. The topological polar surface area (TPSA) is 21.3 Å². The summed E-state index contributed by atoms with van der Waals surface area (Å²) in [5, 5.41) is 3.61. The van der Waals surface area contributed by atoms with Crippen molar-refractivity contribution in [3.8, 4) is 0 Å². The van der Waals surface area contributed by atoms with Crippen LogP contribution in [0.5, 0.6) is 0 Å². The smallest absolute Gasteiger partial charge is 0.0731 e. The molecule has 0 aliphatic carbocycles. The monoisotopic (exact) mass is 291 g/mol. The van der Waals surface area contributed by atoms with Crippen LogP contribution in [0.15, 0.2) is 24.3 Å². The Balaban J connectivity index is 2.75. The summed E-state index contributed by atoms with van der Waals surface area (Å²) < 4.78 is 5.97. The molecule has 2 atom stereocenters. The van der Waals surface area contributed by atoms with Gasteiger partial charge in [0.1, 0.15) is 0 Å². The van der Waals surface area contributed by atoms with Gasteiger partial charge in [0.25, 0.3) is 0 Å². The van der Waals surface area contributed by atoms with Crippen LogP contribution in [0.2, 0.25) is 0 Å². The summed E-state index contributed by atoms with van der Waals surface area (Å²) >= 11 is 0. The summed E-state index contributed by atoms with van der Waals surface area (Å²) in [6, 6.07) is 9.47. The van der Waals surface area contributed by atoms with E-state index in [9.17, 15) is 0 Å². The lowest BCUT2D eigenvalue weighted by atomic mass is 9.95. The first-order valence-electron chi connectivity index (χ1n) is 8.56. The van der Waals surface area contributed by atoms with E-state index in [4.69, 9.17) is 4.74 Å². The van der Waals surface area contributed by atoms with Gasteiger partial charge in [0.2, 0.25) is 0 Å². The zero-order chi connectivity index (χ0) is 15.7. The molecule has 0 heterocycles. The molecular weight excluding hydrogens is 258 g/mol. The van der Waals surface area contributed by atoms with Gasteiger partial charge in [-0.25, -0.2) is 0 Å². The second kappa shape index (κ2) is 9.97. The minimum absolute atomic E-state index is 0.310. The van der Waals surface area contributed by atoms with Crippen LogP contribution in [0.1, 0.15) is 64.5 Å². The summed E-state index contributed by atoms with van der Waals surface area (Å²) in [6.45, 7) is 12.7. The normalized spacial score (nSPS) is 14.4. The highest BCUT2D eigenvalue weighted by Crippen LogP contribution is 2.17. The third kappa shape index (κ3) is 6.19. The average Bonchev–Trinajstić information content (AvgIpc) is 2.47. The van der Waals surface area contributed by atoms with Crippen molar-refractivity contribution in [2.45, 2.75) is 71.9 Å². The summed E-state index contributed by atoms with van der Waals surface area (Å²) in [4.78, 5) is 0. The van der Waals surface area contributed by atoms with Gasteiger partial charge >= 0.3 is 0 Å². The molecule has 1 aromatic rings. The summed E-state index contributed by atoms with van der Waals surface area (Å²) in [6.07, 6.45) is 3.63. The largest absolute Gasteiger partial charge is 0.377 e. The maximum absolute atomic E-state index is 5.97. The van der Waals surface area contributed by atoms with Gasteiger partial charge in [-0.1, -0.05) is 58.4 Å². The second-order valence-corrected chi connectivity index (χ2v) is 6.05. The predicted octanol–water partition coefficient (Wildman–Crippen LogP) is 4.54. The van der Waals surface area contributed by atoms with Crippen molar-refractivity contribution in [2.75, 3.05) is 13.2 Å². The molecule has 0 aliphatic rings. The Morgan fingerprint density at radius 2 is 1.71 bits per heavy atom. The molecule has 0 bridgehead atoms. The van der Waals surface area contributed by atoms with Gasteiger partial charge in [-0.2, -0.15) is 0 Å². The minimum Gasteiger partial charge on any atom is -0.377 e. The van der Waals surface area contributed by atoms with E-state index in [1.807, 2.05) is 0 Å². The highest BCUT2D eigenvalue weighted by molar-refractivity contribution is 5.25. The van der Waals surface area contributed by atoms with E-state index < -0.39 is 0 Å². The number of ether oxygens (including phenoxy) is 1. The fraction of sp³-hybridized carbons (Fsp3) is 0.684. The van der Waals surface area contributed by atoms with Gasteiger partial charge in [0, 0.05) is 12.6 Å². The van der Waals surface area contributed by atoms with Gasteiger partial charge in [-0.15, -0.1) is 0 Å². The molecule has 0 aromatic heterocycles. The average molecular weight is 291 g/mol. The first-order chi connectivity index (χ1) is 10.1. The molecule has 2 heteroatoms. The quantitative estimate of drug-likeness (QED) is 0.683. The Labute approximate surface area is 131 Å². The predicted molar refractivity (Wildman–Crippen MR) is 92.0 cm³/mol. The summed E-state index contributed by atoms with van der Waals surface area (Å²) in [5.41, 5.74) is 2.81. The molecule has 0 amide bonds. The van der Waals surface area contributed by atoms with Gasteiger partial charge < -0.3 is 10.1 Å². The molecule has 0 fully saturated rings. The lowest BCUT2D eigenvalue weighted by Gasteiger charge is -2.28. The molecule has 0 saturated heterocycles. The standard InChI is InChI=1S/C19H33NO/c1-6-9-19(21-8-3)18(20-7-2)14-16-10-12-17(13-11-16)15(4)5/h10-13,15,18-20H,6-9,14H2,1-5H3. The van der Waals surface area contributed by atoms with E-state index in [1.165, 1.54) is 17.5 Å². The number of hydrogen-bond donors (Lipinski definition) is 1. The SMILES string of the molecule is CCCC(OCC)C(Cc1ccc(C(C)C)cc1)NCC. The Morgan fingerprint density at radius 3 is 2.19 bits per heavy atom. The zero-order valence-electron chi connectivity index (χ0n) is 14.5. The van der Waals surface area contributed by atoms with Crippen LogP contribution < -0.4 is 5.32 Å². The third-order valence-electron chi connectivity index (χ3n) is 3.97. The molecule has 2 nitrogen and oxygen atoms in total. The molecule has 1 N–H and O–H groups in total. The van der Waals surface area contributed by atoms with Crippen molar-refractivity contribution in [3.05, 3.63) is 35.4 Å². The zero-order valence-corrected chi connectivity index (χ0v) is 14.5. The van der Waals surface area contributed by atoms with Crippen molar-refractivity contribution in [1.29, 1.82) is 0 Å². The molecule has 120 valence electrons. The Morgan fingerprint density at radius 1 is 1.05 bits per heavy atom. The summed E-state index contributed by atoms with van der Waals surface area (Å²) in [7, 11) is 0. The number of benzene rings is 1. The van der Waals surface area contributed by atoms with Crippen LogP contribution in [0.3, 0.4) is 0 Å². The molecule has 0 spiro atoms. The number of hydrogen-bond acceptors (Lipinski definition) is 2. The maximum atomic E-state index is 5.97. The molecule has 0 aliphatic heterocycles. The van der Waals surface area contributed by atoms with Crippen molar-refractivity contribution >= 4 is 0 Å². The number of likely N-dealkylation sites (N-methyl/N-ethyl adjacent to an activating group) is 1. The van der Waals surface area contributed by atoms with Crippen LogP contribution >= 0.6 is 0 Å². The van der Waals surface area contributed by atoms with E-state index in [-0.39, 0.29) is 0 Å². The highest BCUT2D eigenvalue weighted by atomic mass is 16.5. The molecule has 1 aromatic carbocycles. The van der Waals surface area contributed by atoms with Crippen LogP contribution in [0.4, 0.5) is 0 Å². The van der Waals surface area contributed by atoms with Crippen molar-refractivity contribution < 1.29 is 4.74 Å². The summed E-state index contributed by atoms with van der Waals surface area (Å²) in [5.74, 6) is 0.597. The lowest BCUT2D eigenvalue weighted by Crippen LogP contribution is -2.43. The van der Waals surface area contributed by atoms with Crippen LogP contribution in [-0.2, 0) is 11.2 Å². The number of nitrogens with one attached hydrogen (secondary N) is 1. The second-order valence-electron chi connectivity index (χ2n) is 6.05. The molecule has 1 rings (SSSR count). The van der Waals surface area contributed by atoms with Crippen molar-refractivity contribution in [2.24, 2.45) is 0 Å². The minimum atomic E-state index is 0.310. The third-order valence-corrected chi connectivity index (χ3v) is 3.97. The number of rotatable bonds is 10. The fourth-order valence-electron chi connectivity index (χ4n) is 2.79. The van der Waals surface area contributed by atoms with E-state index in [2.05, 4.69) is 64.2 Å². The molecule has 2 unspecified atom stereocenters. The lowest BCUT2D eigenvalue weighted by molar-refractivity contribution is 0.0285. The van der Waals surface area contributed by atoms with Crippen LogP contribution in [0, 0.1) is 0 Å². The van der Waals surface area contributed by atoms with Crippen LogP contribution in [0.25, 0.3) is 0 Å². The molecule has 21 heavy (non-hydrogen) atoms. The molecule has 0 saturated carbocycles. The van der Waals surface area contributed by atoms with E-state index in [0.717, 1.165) is 26.0 Å². The maximum Gasteiger partial charge on any atom is 0.0731 e.